The molecular formula is C25H20NOPS. The highest BCUT2D eigenvalue weighted by Crippen LogP contribution is 2.42. The van der Waals surface area contributed by atoms with Crippen LogP contribution in [0.4, 0.5) is 0 Å². The van der Waals surface area contributed by atoms with Gasteiger partial charge in [-0.1, -0.05) is 72.5 Å². The first-order valence-electron chi connectivity index (χ1n) is 9.35. The van der Waals surface area contributed by atoms with Gasteiger partial charge in [-0.05, 0) is 47.8 Å². The Balaban J connectivity index is 1.78. The quantitative estimate of drug-likeness (QED) is 0.353. The summed E-state index contributed by atoms with van der Waals surface area (Å²) in [4.78, 5) is 1.04. The maximum Gasteiger partial charge on any atom is 0.205 e. The van der Waals surface area contributed by atoms with Crippen molar-refractivity contribution in [3.05, 3.63) is 119 Å². The zero-order valence-corrected chi connectivity index (χ0v) is 17.4. The fraction of sp³-hybridized carbons (Fsp3) is 0.0400. The summed E-state index contributed by atoms with van der Waals surface area (Å²) in [6.07, 6.45) is 0. The largest absolute Gasteiger partial charge is 0.296 e. The number of hydrogen-bond donors (Lipinski definition) is 1. The molecule has 0 saturated heterocycles. The van der Waals surface area contributed by atoms with Crippen molar-refractivity contribution in [2.45, 2.75) is 6.04 Å². The van der Waals surface area contributed by atoms with Gasteiger partial charge in [-0.25, -0.2) is 5.09 Å². The first kappa shape index (κ1) is 19.4. The molecule has 29 heavy (non-hydrogen) atoms. The van der Waals surface area contributed by atoms with Gasteiger partial charge >= 0.3 is 0 Å². The fourth-order valence-electron chi connectivity index (χ4n) is 3.06. The average molecular weight is 413 g/mol. The molecular weight excluding hydrogens is 393 g/mol. The Bertz CT molecular complexity index is 1100. The van der Waals surface area contributed by atoms with Crippen LogP contribution in [0.2, 0.25) is 0 Å². The maximum absolute atomic E-state index is 14.4. The lowest BCUT2D eigenvalue weighted by Gasteiger charge is -2.24. The molecule has 1 N–H and O–H groups in total. The fourth-order valence-corrected chi connectivity index (χ4v) is 6.22. The highest BCUT2D eigenvalue weighted by Gasteiger charge is 2.30. The molecule has 1 aromatic heterocycles. The normalized spacial score (nSPS) is 12.0. The minimum atomic E-state index is -3.09. The standard InChI is InChI=1S/C25H20NOPS/c27-28(22-13-6-2-7-14-22,23-15-8-3-9-16-23)26-24(25-17-10-20-29-25)19-18-21-11-4-1-5-12-21/h1-17,20,24H,(H,26,27)/t24-/m1/s1. The van der Waals surface area contributed by atoms with Crippen LogP contribution in [0.15, 0.2) is 109 Å². The first-order chi connectivity index (χ1) is 14.3. The van der Waals surface area contributed by atoms with Crippen molar-refractivity contribution >= 4 is 29.2 Å². The topological polar surface area (TPSA) is 29.1 Å². The third-order valence-corrected chi connectivity index (χ3v) is 8.12. The molecule has 4 heteroatoms. The van der Waals surface area contributed by atoms with Gasteiger partial charge < -0.3 is 0 Å². The van der Waals surface area contributed by atoms with Crippen LogP contribution in [0.1, 0.15) is 16.5 Å². The van der Waals surface area contributed by atoms with Crippen molar-refractivity contribution in [1.29, 1.82) is 0 Å². The molecule has 0 spiro atoms. The SMILES string of the molecule is O=P(N[C@H](C#Cc1ccccc1)c1cccs1)(c1ccccc1)c1ccccc1. The second-order valence-corrected chi connectivity index (χ2v) is 9.98. The van der Waals surface area contributed by atoms with E-state index in [1.54, 1.807) is 11.3 Å². The van der Waals surface area contributed by atoms with Gasteiger partial charge in [-0.15, -0.1) is 11.3 Å². The van der Waals surface area contributed by atoms with E-state index in [1.807, 2.05) is 109 Å². The Kier molecular flexibility index (Phi) is 6.08. The minimum Gasteiger partial charge on any atom is -0.296 e. The third kappa shape index (κ3) is 4.58. The second-order valence-electron chi connectivity index (χ2n) is 6.49. The summed E-state index contributed by atoms with van der Waals surface area (Å²) in [5.41, 5.74) is 0.935. The predicted molar refractivity (Wildman–Crippen MR) is 123 cm³/mol. The van der Waals surface area contributed by atoms with Crippen LogP contribution >= 0.6 is 18.6 Å². The summed E-state index contributed by atoms with van der Waals surface area (Å²) in [7, 11) is -3.09. The highest BCUT2D eigenvalue weighted by atomic mass is 32.1. The molecule has 0 saturated carbocycles. The molecule has 3 aromatic carbocycles. The van der Waals surface area contributed by atoms with Gasteiger partial charge in [-0.2, -0.15) is 0 Å². The van der Waals surface area contributed by atoms with Crippen molar-refractivity contribution in [3.8, 4) is 11.8 Å². The van der Waals surface area contributed by atoms with Gasteiger partial charge in [0.15, 0.2) is 0 Å². The summed E-state index contributed by atoms with van der Waals surface area (Å²) < 4.78 is 14.4. The third-order valence-electron chi connectivity index (χ3n) is 4.51. The number of thiophene rings is 1. The van der Waals surface area contributed by atoms with Crippen LogP contribution in [-0.2, 0) is 4.57 Å². The molecule has 0 aliphatic rings. The van der Waals surface area contributed by atoms with Crippen LogP contribution < -0.4 is 15.7 Å². The van der Waals surface area contributed by atoms with Crippen molar-refractivity contribution in [1.82, 2.24) is 5.09 Å². The van der Waals surface area contributed by atoms with Crippen molar-refractivity contribution in [3.63, 3.8) is 0 Å². The molecule has 1 heterocycles. The van der Waals surface area contributed by atoms with Gasteiger partial charge in [0.2, 0.25) is 7.29 Å². The number of benzene rings is 3. The lowest BCUT2D eigenvalue weighted by atomic mass is 10.2. The van der Waals surface area contributed by atoms with E-state index < -0.39 is 7.29 Å². The summed E-state index contributed by atoms with van der Waals surface area (Å²) >= 11 is 1.61. The van der Waals surface area contributed by atoms with Gasteiger partial charge in [0, 0.05) is 21.0 Å². The van der Waals surface area contributed by atoms with Crippen LogP contribution in [0, 0.1) is 11.8 Å². The van der Waals surface area contributed by atoms with E-state index in [9.17, 15) is 4.57 Å². The summed E-state index contributed by atoms with van der Waals surface area (Å²) in [5.74, 6) is 6.54. The number of hydrogen-bond acceptors (Lipinski definition) is 2. The second kappa shape index (κ2) is 9.07. The highest BCUT2D eigenvalue weighted by molar-refractivity contribution is 7.76. The Labute approximate surface area is 175 Å². The van der Waals surface area contributed by atoms with Crippen LogP contribution in [-0.4, -0.2) is 0 Å². The summed E-state index contributed by atoms with van der Waals surface area (Å²) in [6.45, 7) is 0. The molecule has 0 unspecified atom stereocenters. The van der Waals surface area contributed by atoms with E-state index in [1.165, 1.54) is 0 Å². The van der Waals surface area contributed by atoms with E-state index in [4.69, 9.17) is 0 Å². The molecule has 2 nitrogen and oxygen atoms in total. The number of nitrogens with one attached hydrogen (secondary N) is 1. The lowest BCUT2D eigenvalue weighted by Crippen LogP contribution is -2.29. The molecule has 142 valence electrons. The Morgan fingerprint density at radius 3 is 1.79 bits per heavy atom. The maximum atomic E-state index is 14.4. The summed E-state index contributed by atoms with van der Waals surface area (Å²) in [6, 6.07) is 32.7. The Morgan fingerprint density at radius 1 is 0.724 bits per heavy atom. The predicted octanol–water partition coefficient (Wildman–Crippen LogP) is 5.36. The van der Waals surface area contributed by atoms with Crippen molar-refractivity contribution < 1.29 is 4.57 Å². The molecule has 0 amide bonds. The molecule has 0 bridgehead atoms. The summed E-state index contributed by atoms with van der Waals surface area (Å²) in [5, 5.41) is 6.99. The van der Waals surface area contributed by atoms with E-state index in [2.05, 4.69) is 16.9 Å². The van der Waals surface area contributed by atoms with Gasteiger partial charge in [0.25, 0.3) is 0 Å². The number of rotatable bonds is 5. The monoisotopic (exact) mass is 413 g/mol. The lowest BCUT2D eigenvalue weighted by molar-refractivity contribution is 0.575. The zero-order chi connectivity index (χ0) is 19.9. The van der Waals surface area contributed by atoms with Gasteiger partial charge in [0.1, 0.15) is 6.04 Å². The van der Waals surface area contributed by atoms with Gasteiger partial charge in [0.05, 0.1) is 0 Å². The molecule has 0 fully saturated rings. The minimum absolute atomic E-state index is 0.346. The smallest absolute Gasteiger partial charge is 0.205 e. The van der Waals surface area contributed by atoms with E-state index in [-0.39, 0.29) is 6.04 Å². The van der Waals surface area contributed by atoms with E-state index >= 15 is 0 Å². The Morgan fingerprint density at radius 2 is 1.28 bits per heavy atom. The molecule has 0 aliphatic heterocycles. The molecule has 0 radical (unpaired) electrons. The van der Waals surface area contributed by atoms with E-state index in [0.717, 1.165) is 21.0 Å². The molecule has 0 aliphatic carbocycles. The molecule has 4 aromatic rings. The van der Waals surface area contributed by atoms with Crippen LogP contribution in [0.25, 0.3) is 0 Å². The van der Waals surface area contributed by atoms with E-state index in [0.29, 0.717) is 0 Å². The average Bonchev–Trinajstić information content (AvgIpc) is 3.33. The zero-order valence-electron chi connectivity index (χ0n) is 15.7. The Hall–Kier alpha value is -2.89. The van der Waals surface area contributed by atoms with Crippen LogP contribution in [0.3, 0.4) is 0 Å². The van der Waals surface area contributed by atoms with Crippen molar-refractivity contribution in [2.24, 2.45) is 0 Å². The molecule has 1 atom stereocenters. The van der Waals surface area contributed by atoms with Crippen LogP contribution in [0.5, 0.6) is 0 Å². The first-order valence-corrected chi connectivity index (χ1v) is 11.9. The van der Waals surface area contributed by atoms with Gasteiger partial charge in [-0.3, -0.25) is 4.57 Å². The molecule has 4 rings (SSSR count). The van der Waals surface area contributed by atoms with Crippen molar-refractivity contribution in [2.75, 3.05) is 0 Å².